The van der Waals surface area contributed by atoms with Crippen molar-refractivity contribution in [2.75, 3.05) is 0 Å². The van der Waals surface area contributed by atoms with Gasteiger partial charge in [0.2, 0.25) is 5.75 Å². The van der Waals surface area contributed by atoms with Crippen LogP contribution in [0.2, 0.25) is 0 Å². The third-order valence-corrected chi connectivity index (χ3v) is 3.06. The monoisotopic (exact) mass is 291 g/mol. The van der Waals surface area contributed by atoms with E-state index in [9.17, 15) is 10.1 Å². The van der Waals surface area contributed by atoms with E-state index < -0.39 is 4.92 Å². The minimum atomic E-state index is -0.489. The van der Waals surface area contributed by atoms with Gasteiger partial charge in [0.05, 0.1) is 10.4 Å². The number of nitriles is 1. The van der Waals surface area contributed by atoms with E-state index >= 15 is 0 Å². The average molecular weight is 291 g/mol. The predicted octanol–water partition coefficient (Wildman–Crippen LogP) is 3.81. The molecule has 1 heterocycles. The number of pyridine rings is 1. The molecule has 3 aromatic rings. The molecule has 1 aromatic heterocycles. The van der Waals surface area contributed by atoms with Gasteiger partial charge in [0.1, 0.15) is 17.5 Å². The number of aromatic nitrogens is 1. The van der Waals surface area contributed by atoms with E-state index in [2.05, 4.69) is 4.98 Å². The summed E-state index contributed by atoms with van der Waals surface area (Å²) in [6, 6.07) is 16.6. The Labute approximate surface area is 125 Å². The standard InChI is InChI=1S/C16H9N3O3/c17-10-12-6-5-11-9-13(7-8-14(11)18-12)22-16-4-2-1-3-15(16)19(20)21/h1-9H. The van der Waals surface area contributed by atoms with E-state index in [4.69, 9.17) is 10.00 Å². The van der Waals surface area contributed by atoms with Crippen molar-refractivity contribution >= 4 is 16.6 Å². The fraction of sp³-hybridized carbons (Fsp3) is 0. The maximum absolute atomic E-state index is 11.0. The van der Waals surface area contributed by atoms with Crippen LogP contribution < -0.4 is 4.74 Å². The fourth-order valence-electron chi connectivity index (χ4n) is 2.05. The zero-order valence-electron chi connectivity index (χ0n) is 11.3. The van der Waals surface area contributed by atoms with Gasteiger partial charge in [-0.05, 0) is 36.4 Å². The molecule has 0 bridgehead atoms. The van der Waals surface area contributed by atoms with Gasteiger partial charge in [-0.15, -0.1) is 0 Å². The summed E-state index contributed by atoms with van der Waals surface area (Å²) in [4.78, 5) is 14.7. The number of rotatable bonds is 3. The van der Waals surface area contributed by atoms with Crippen LogP contribution in [0.15, 0.2) is 54.6 Å². The van der Waals surface area contributed by atoms with Crippen LogP contribution in [0.5, 0.6) is 11.5 Å². The Hall–Kier alpha value is -3.46. The minimum absolute atomic E-state index is 0.0967. The van der Waals surface area contributed by atoms with Gasteiger partial charge < -0.3 is 4.74 Å². The molecule has 0 radical (unpaired) electrons. The topological polar surface area (TPSA) is 89.0 Å². The third-order valence-electron chi connectivity index (χ3n) is 3.06. The van der Waals surface area contributed by atoms with Crippen molar-refractivity contribution in [2.24, 2.45) is 0 Å². The Bertz CT molecular complexity index is 916. The Morgan fingerprint density at radius 3 is 2.73 bits per heavy atom. The highest BCUT2D eigenvalue weighted by Crippen LogP contribution is 2.31. The van der Waals surface area contributed by atoms with E-state index in [0.29, 0.717) is 17.0 Å². The van der Waals surface area contributed by atoms with E-state index in [1.165, 1.54) is 6.07 Å². The maximum atomic E-state index is 11.0. The molecule has 3 rings (SSSR count). The van der Waals surface area contributed by atoms with Crippen molar-refractivity contribution in [2.45, 2.75) is 0 Å². The van der Waals surface area contributed by atoms with Crippen LogP contribution >= 0.6 is 0 Å². The molecule has 0 unspecified atom stereocenters. The SMILES string of the molecule is N#Cc1ccc2cc(Oc3ccccc3[N+](=O)[O-])ccc2n1. The molecule has 0 saturated heterocycles. The maximum Gasteiger partial charge on any atom is 0.311 e. The average Bonchev–Trinajstić information content (AvgIpc) is 2.54. The van der Waals surface area contributed by atoms with Gasteiger partial charge in [-0.2, -0.15) is 5.26 Å². The molecule has 0 aliphatic heterocycles. The van der Waals surface area contributed by atoms with E-state index in [-0.39, 0.29) is 11.4 Å². The van der Waals surface area contributed by atoms with Crippen LogP contribution in [-0.4, -0.2) is 9.91 Å². The highest BCUT2D eigenvalue weighted by molar-refractivity contribution is 5.80. The molecule has 0 aliphatic rings. The van der Waals surface area contributed by atoms with Gasteiger partial charge in [-0.3, -0.25) is 10.1 Å². The highest BCUT2D eigenvalue weighted by atomic mass is 16.6. The molecule has 0 N–H and O–H groups in total. The number of nitro benzene ring substituents is 1. The lowest BCUT2D eigenvalue weighted by molar-refractivity contribution is -0.385. The Morgan fingerprint density at radius 2 is 1.95 bits per heavy atom. The molecule has 2 aromatic carbocycles. The molecule has 6 heteroatoms. The van der Waals surface area contributed by atoms with Crippen LogP contribution in [0.1, 0.15) is 5.69 Å². The second-order valence-corrected chi connectivity index (χ2v) is 4.49. The fourth-order valence-corrected chi connectivity index (χ4v) is 2.05. The molecule has 22 heavy (non-hydrogen) atoms. The lowest BCUT2D eigenvalue weighted by atomic mass is 10.2. The number of hydrogen-bond acceptors (Lipinski definition) is 5. The van der Waals surface area contributed by atoms with Gasteiger partial charge in [-0.25, -0.2) is 4.98 Å². The number of para-hydroxylation sites is 2. The Morgan fingerprint density at radius 1 is 1.14 bits per heavy atom. The summed E-state index contributed by atoms with van der Waals surface area (Å²) in [5.41, 5.74) is 0.898. The van der Waals surface area contributed by atoms with Crippen LogP contribution in [0.4, 0.5) is 5.69 Å². The quantitative estimate of drug-likeness (QED) is 0.540. The number of hydrogen-bond donors (Lipinski definition) is 0. The molecule has 0 spiro atoms. The first-order valence-corrected chi connectivity index (χ1v) is 6.39. The highest BCUT2D eigenvalue weighted by Gasteiger charge is 2.14. The van der Waals surface area contributed by atoms with Gasteiger partial charge in [0.25, 0.3) is 0 Å². The summed E-state index contributed by atoms with van der Waals surface area (Å²) >= 11 is 0. The summed E-state index contributed by atoms with van der Waals surface area (Å²) < 4.78 is 5.60. The van der Waals surface area contributed by atoms with Crippen LogP contribution in [-0.2, 0) is 0 Å². The van der Waals surface area contributed by atoms with E-state index in [1.807, 2.05) is 6.07 Å². The lowest BCUT2D eigenvalue weighted by Crippen LogP contribution is -1.93. The first kappa shape index (κ1) is 13.5. The first-order valence-electron chi connectivity index (χ1n) is 6.39. The van der Waals surface area contributed by atoms with Gasteiger partial charge in [-0.1, -0.05) is 12.1 Å². The number of ether oxygens (including phenoxy) is 1. The molecule has 0 aliphatic carbocycles. The number of nitro groups is 1. The summed E-state index contributed by atoms with van der Waals surface area (Å²) in [6.45, 7) is 0. The smallest absolute Gasteiger partial charge is 0.311 e. The third kappa shape index (κ3) is 2.55. The van der Waals surface area contributed by atoms with Crippen molar-refractivity contribution in [3.8, 4) is 17.6 Å². The Balaban J connectivity index is 1.98. The zero-order valence-corrected chi connectivity index (χ0v) is 11.3. The van der Waals surface area contributed by atoms with E-state index in [0.717, 1.165) is 5.39 Å². The van der Waals surface area contributed by atoms with Crippen molar-refractivity contribution < 1.29 is 9.66 Å². The summed E-state index contributed by atoms with van der Waals surface area (Å²) in [5, 5.41) is 20.6. The second-order valence-electron chi connectivity index (χ2n) is 4.49. The van der Waals surface area contributed by atoms with Gasteiger partial charge >= 0.3 is 5.69 Å². The van der Waals surface area contributed by atoms with Crippen molar-refractivity contribution in [1.29, 1.82) is 5.26 Å². The van der Waals surface area contributed by atoms with Crippen molar-refractivity contribution in [1.82, 2.24) is 4.98 Å². The molecule has 0 amide bonds. The van der Waals surface area contributed by atoms with E-state index in [1.54, 1.807) is 48.5 Å². The molecular weight excluding hydrogens is 282 g/mol. The number of benzene rings is 2. The van der Waals surface area contributed by atoms with Gasteiger partial charge in [0, 0.05) is 11.5 Å². The van der Waals surface area contributed by atoms with Crippen molar-refractivity contribution in [3.05, 3.63) is 70.4 Å². The van der Waals surface area contributed by atoms with Crippen LogP contribution in [0.25, 0.3) is 10.9 Å². The minimum Gasteiger partial charge on any atom is -0.450 e. The van der Waals surface area contributed by atoms with Crippen LogP contribution in [0.3, 0.4) is 0 Å². The molecule has 0 atom stereocenters. The zero-order chi connectivity index (χ0) is 15.5. The normalized spacial score (nSPS) is 10.1. The largest absolute Gasteiger partial charge is 0.450 e. The molecule has 106 valence electrons. The Kier molecular flexibility index (Phi) is 3.38. The van der Waals surface area contributed by atoms with Crippen molar-refractivity contribution in [3.63, 3.8) is 0 Å². The van der Waals surface area contributed by atoms with Crippen LogP contribution in [0, 0.1) is 21.4 Å². The lowest BCUT2D eigenvalue weighted by Gasteiger charge is -2.07. The summed E-state index contributed by atoms with van der Waals surface area (Å²) in [5.74, 6) is 0.641. The predicted molar refractivity (Wildman–Crippen MR) is 79.6 cm³/mol. The molecule has 0 fully saturated rings. The first-order chi connectivity index (χ1) is 10.7. The van der Waals surface area contributed by atoms with Gasteiger partial charge in [0.15, 0.2) is 0 Å². The molecule has 6 nitrogen and oxygen atoms in total. The number of nitrogens with zero attached hydrogens (tertiary/aromatic N) is 3. The summed E-state index contributed by atoms with van der Waals surface area (Å²) in [6.07, 6.45) is 0. The summed E-state index contributed by atoms with van der Waals surface area (Å²) in [7, 11) is 0. The second kappa shape index (κ2) is 5.50. The number of fused-ring (bicyclic) bond motifs is 1. The molecule has 0 saturated carbocycles. The molecular formula is C16H9N3O3.